The summed E-state index contributed by atoms with van der Waals surface area (Å²) in [5, 5.41) is 0. The van der Waals surface area contributed by atoms with Crippen LogP contribution in [0.2, 0.25) is 0 Å². The molecule has 0 heterocycles. The molecule has 0 atom stereocenters. The molecule has 0 bridgehead atoms. The zero-order valence-electron chi connectivity index (χ0n) is 16.3. The van der Waals surface area contributed by atoms with Crippen LogP contribution in [0.1, 0.15) is 17.0 Å². The topological polar surface area (TPSA) is 26.3 Å². The fraction of sp³-hybridized carbons (Fsp3) is 0.381. The molecule has 2 aromatic rings. The molecule has 0 N–H and O–H groups in total. The lowest BCUT2D eigenvalue weighted by Crippen LogP contribution is -2.34. The van der Waals surface area contributed by atoms with E-state index < -0.39 is 5.43 Å². The van der Waals surface area contributed by atoms with Gasteiger partial charge in [0.15, 0.2) is 0 Å². The van der Waals surface area contributed by atoms with Crippen LogP contribution in [-0.4, -0.2) is 54.3 Å². The normalized spacial score (nSPS) is 14.1. The Morgan fingerprint density at radius 2 is 1.31 bits per heavy atom. The summed E-state index contributed by atoms with van der Waals surface area (Å²) >= 11 is 5.45. The molecule has 2 aromatic carbocycles. The van der Waals surface area contributed by atoms with Crippen LogP contribution in [0.25, 0.3) is 11.1 Å². The van der Waals surface area contributed by atoms with Crippen molar-refractivity contribution in [2.45, 2.75) is 5.92 Å². The van der Waals surface area contributed by atoms with Gasteiger partial charge in [-0.1, -0.05) is 0 Å². The standard InChI is InChI=1S/C21H27ClN2O2/c1-23(2,3)14-7-9-16-17-10-8-15(24(4,5)6)12-19(17)20(18(16)11-14)13-26-21(22)25/h7-12,20H,13H2,1-6H3/q+2. The molecule has 0 fully saturated rings. The first-order valence-electron chi connectivity index (χ1n) is 8.73. The molecule has 1 aliphatic rings. The number of quaternary nitrogens is 2. The van der Waals surface area contributed by atoms with E-state index in [2.05, 4.69) is 78.7 Å². The Labute approximate surface area is 160 Å². The van der Waals surface area contributed by atoms with Crippen LogP contribution in [0, 0.1) is 0 Å². The smallest absolute Gasteiger partial charge is 0.403 e. The number of carbonyl (C=O) groups is 1. The first kappa shape index (κ1) is 18.9. The number of hydrogen-bond acceptors (Lipinski definition) is 2. The van der Waals surface area contributed by atoms with Gasteiger partial charge in [-0.2, -0.15) is 0 Å². The number of fused-ring (bicyclic) bond motifs is 3. The summed E-state index contributed by atoms with van der Waals surface area (Å²) in [4.78, 5) is 11.2. The lowest BCUT2D eigenvalue weighted by molar-refractivity contribution is 0.170. The average Bonchev–Trinajstić information content (AvgIpc) is 2.83. The zero-order valence-corrected chi connectivity index (χ0v) is 17.1. The minimum absolute atomic E-state index is 0.000648. The van der Waals surface area contributed by atoms with Crippen LogP contribution in [0.15, 0.2) is 36.4 Å². The minimum Gasteiger partial charge on any atom is -0.453 e. The summed E-state index contributed by atoms with van der Waals surface area (Å²) in [6.07, 6.45) is 0. The molecule has 0 aromatic heterocycles. The Morgan fingerprint density at radius 1 is 0.885 bits per heavy atom. The molecule has 0 spiro atoms. The summed E-state index contributed by atoms with van der Waals surface area (Å²) in [6, 6.07) is 13.2. The lowest BCUT2D eigenvalue weighted by atomic mass is 9.96. The Hall–Kier alpha value is -1.88. The number of benzene rings is 2. The van der Waals surface area contributed by atoms with Gasteiger partial charge in [-0.3, -0.25) is 8.97 Å². The lowest BCUT2D eigenvalue weighted by Gasteiger charge is -2.25. The minimum atomic E-state index is -0.759. The highest BCUT2D eigenvalue weighted by atomic mass is 35.5. The number of carbonyl (C=O) groups excluding carboxylic acids is 1. The molecule has 138 valence electrons. The first-order chi connectivity index (χ1) is 12.0. The largest absolute Gasteiger partial charge is 0.453 e. The maximum atomic E-state index is 11.2. The van der Waals surface area contributed by atoms with E-state index in [1.54, 1.807) is 0 Å². The second-order valence-corrected chi connectivity index (χ2v) is 8.98. The number of ether oxygens (including phenoxy) is 1. The van der Waals surface area contributed by atoms with E-state index in [0.717, 1.165) is 8.97 Å². The Balaban J connectivity index is 2.14. The molecule has 0 aliphatic heterocycles. The van der Waals surface area contributed by atoms with E-state index in [-0.39, 0.29) is 12.5 Å². The van der Waals surface area contributed by atoms with Crippen molar-refractivity contribution in [2.24, 2.45) is 0 Å². The van der Waals surface area contributed by atoms with Crippen LogP contribution in [0.3, 0.4) is 0 Å². The van der Waals surface area contributed by atoms with Gasteiger partial charge in [-0.05, 0) is 46.5 Å². The van der Waals surface area contributed by atoms with E-state index in [1.165, 1.54) is 33.6 Å². The van der Waals surface area contributed by atoms with Crippen molar-refractivity contribution < 1.29 is 9.53 Å². The predicted octanol–water partition coefficient (Wildman–Crippen LogP) is 4.57. The number of hydrogen-bond donors (Lipinski definition) is 0. The second-order valence-electron chi connectivity index (χ2n) is 8.67. The first-order valence-corrected chi connectivity index (χ1v) is 9.11. The van der Waals surface area contributed by atoms with Gasteiger partial charge in [-0.15, -0.1) is 0 Å². The van der Waals surface area contributed by atoms with Crippen molar-refractivity contribution in [3.63, 3.8) is 0 Å². The number of nitrogens with zero attached hydrogens (tertiary/aromatic N) is 2. The zero-order chi connectivity index (χ0) is 19.3. The molecule has 5 heteroatoms. The van der Waals surface area contributed by atoms with E-state index in [1.807, 2.05) is 0 Å². The van der Waals surface area contributed by atoms with Gasteiger partial charge in [0.05, 0.1) is 42.3 Å². The highest BCUT2D eigenvalue weighted by Gasteiger charge is 2.33. The van der Waals surface area contributed by atoms with Crippen LogP contribution < -0.4 is 8.97 Å². The SMILES string of the molecule is C[N+](C)(C)c1ccc2c(c1)C(COC(=O)Cl)c1cc([N+](C)(C)C)ccc1-2. The summed E-state index contributed by atoms with van der Waals surface area (Å²) in [5.74, 6) is 0.000648. The van der Waals surface area contributed by atoms with E-state index in [4.69, 9.17) is 16.3 Å². The molecule has 0 radical (unpaired) electrons. The van der Waals surface area contributed by atoms with Crippen molar-refractivity contribution in [1.82, 2.24) is 8.97 Å². The number of halogens is 1. The van der Waals surface area contributed by atoms with Crippen molar-refractivity contribution >= 4 is 28.4 Å². The van der Waals surface area contributed by atoms with Gasteiger partial charge in [-0.25, -0.2) is 4.79 Å². The Bertz CT molecular complexity index is 800. The van der Waals surface area contributed by atoms with Crippen molar-refractivity contribution in [3.05, 3.63) is 47.5 Å². The summed E-state index contributed by atoms with van der Waals surface area (Å²) in [6.45, 7) is 0.253. The molecular formula is C21H27ClN2O2+2. The van der Waals surface area contributed by atoms with Gasteiger partial charge in [0.2, 0.25) is 0 Å². The highest BCUT2D eigenvalue weighted by molar-refractivity contribution is 6.61. The molecule has 0 amide bonds. The summed E-state index contributed by atoms with van der Waals surface area (Å²) in [7, 11) is 12.9. The second kappa shape index (κ2) is 6.38. The van der Waals surface area contributed by atoms with Gasteiger partial charge in [0.25, 0.3) is 0 Å². The van der Waals surface area contributed by atoms with Gasteiger partial charge in [0, 0.05) is 29.7 Å². The molecule has 1 aliphatic carbocycles. The Kier molecular flexibility index (Phi) is 4.63. The van der Waals surface area contributed by atoms with Crippen molar-refractivity contribution in [2.75, 3.05) is 48.9 Å². The number of rotatable bonds is 4. The summed E-state index contributed by atoms with van der Waals surface area (Å²) in [5.41, 5.74) is 6.48. The van der Waals surface area contributed by atoms with Gasteiger partial charge >= 0.3 is 5.43 Å². The maximum Gasteiger partial charge on any atom is 0.403 e. The van der Waals surface area contributed by atoms with Crippen LogP contribution >= 0.6 is 11.6 Å². The van der Waals surface area contributed by atoms with Crippen LogP contribution in [0.4, 0.5) is 16.2 Å². The monoisotopic (exact) mass is 374 g/mol. The molecule has 0 saturated carbocycles. The van der Waals surface area contributed by atoms with Crippen LogP contribution in [0.5, 0.6) is 0 Å². The summed E-state index contributed by atoms with van der Waals surface area (Å²) < 4.78 is 6.67. The molecule has 4 nitrogen and oxygen atoms in total. The maximum absolute atomic E-state index is 11.2. The predicted molar refractivity (Wildman–Crippen MR) is 110 cm³/mol. The van der Waals surface area contributed by atoms with Crippen molar-refractivity contribution in [1.29, 1.82) is 0 Å². The van der Waals surface area contributed by atoms with E-state index >= 15 is 0 Å². The van der Waals surface area contributed by atoms with Crippen LogP contribution in [-0.2, 0) is 4.74 Å². The molecule has 3 rings (SSSR count). The fourth-order valence-corrected chi connectivity index (χ4v) is 3.56. The third kappa shape index (κ3) is 3.50. The van der Waals surface area contributed by atoms with E-state index in [0.29, 0.717) is 0 Å². The molecule has 0 unspecified atom stereocenters. The van der Waals surface area contributed by atoms with Gasteiger partial charge < -0.3 is 4.74 Å². The quantitative estimate of drug-likeness (QED) is 0.579. The molecular weight excluding hydrogens is 348 g/mol. The third-order valence-electron chi connectivity index (χ3n) is 5.02. The van der Waals surface area contributed by atoms with Gasteiger partial charge in [0.1, 0.15) is 18.0 Å². The average molecular weight is 375 g/mol. The Morgan fingerprint density at radius 3 is 1.65 bits per heavy atom. The third-order valence-corrected chi connectivity index (χ3v) is 5.13. The fourth-order valence-electron chi connectivity index (χ4n) is 3.50. The van der Waals surface area contributed by atoms with Crippen molar-refractivity contribution in [3.8, 4) is 11.1 Å². The highest BCUT2D eigenvalue weighted by Crippen LogP contribution is 2.47. The molecule has 0 saturated heterocycles. The molecule has 26 heavy (non-hydrogen) atoms. The van der Waals surface area contributed by atoms with E-state index in [9.17, 15) is 4.79 Å².